The van der Waals surface area contributed by atoms with Crippen molar-refractivity contribution >= 4 is 27.5 Å². The van der Waals surface area contributed by atoms with E-state index in [0.29, 0.717) is 12.1 Å². The van der Waals surface area contributed by atoms with Crippen molar-refractivity contribution in [2.45, 2.75) is 32.4 Å². The zero-order valence-electron chi connectivity index (χ0n) is 13.5. The summed E-state index contributed by atoms with van der Waals surface area (Å²) in [6, 6.07) is 13.0. The number of hydrogen-bond acceptors (Lipinski definition) is 2. The molecule has 24 heavy (non-hydrogen) atoms. The van der Waals surface area contributed by atoms with Gasteiger partial charge in [-0.25, -0.2) is 4.39 Å². The van der Waals surface area contributed by atoms with Gasteiger partial charge in [0, 0.05) is 34.2 Å². The number of carbonyl (C=O) groups is 1. The first-order chi connectivity index (χ1) is 11.5. The quantitative estimate of drug-likeness (QED) is 0.744. The molecule has 0 heterocycles. The third-order valence-corrected chi connectivity index (χ3v) is 4.73. The van der Waals surface area contributed by atoms with Gasteiger partial charge in [0.05, 0.1) is 0 Å². The topological polar surface area (TPSA) is 41.1 Å². The lowest BCUT2D eigenvalue weighted by Gasteiger charge is -2.15. The fourth-order valence-corrected chi connectivity index (χ4v) is 2.82. The molecule has 3 rings (SSSR count). The molecule has 0 aliphatic heterocycles. The van der Waals surface area contributed by atoms with Crippen LogP contribution in [0, 0.1) is 11.7 Å². The smallest absolute Gasteiger partial charge is 0.227 e. The van der Waals surface area contributed by atoms with Crippen molar-refractivity contribution < 1.29 is 9.18 Å². The van der Waals surface area contributed by atoms with E-state index < -0.39 is 0 Å². The van der Waals surface area contributed by atoms with E-state index in [9.17, 15) is 9.18 Å². The molecular weight excluding hydrogens is 371 g/mol. The Morgan fingerprint density at radius 1 is 1.25 bits per heavy atom. The number of benzene rings is 2. The van der Waals surface area contributed by atoms with Gasteiger partial charge in [0.2, 0.25) is 5.91 Å². The van der Waals surface area contributed by atoms with Gasteiger partial charge in [0.1, 0.15) is 5.82 Å². The number of amides is 1. The lowest BCUT2D eigenvalue weighted by atomic mass is 10.1. The molecule has 1 amide bonds. The van der Waals surface area contributed by atoms with Crippen LogP contribution in [0.1, 0.15) is 36.9 Å². The summed E-state index contributed by atoms with van der Waals surface area (Å²) >= 11 is 3.26. The SMILES string of the molecule is CC(NCc1ccc(Br)cc1F)c1ccc(NC(=O)C2CC2)cc1. The predicted octanol–water partition coefficient (Wildman–Crippen LogP) is 4.79. The molecule has 1 atom stereocenters. The van der Waals surface area contributed by atoms with Gasteiger partial charge in [-0.3, -0.25) is 4.79 Å². The van der Waals surface area contributed by atoms with Gasteiger partial charge in [-0.05, 0) is 49.6 Å². The van der Waals surface area contributed by atoms with Crippen LogP contribution in [-0.4, -0.2) is 5.91 Å². The van der Waals surface area contributed by atoms with E-state index in [0.717, 1.165) is 28.6 Å². The average molecular weight is 391 g/mol. The van der Waals surface area contributed by atoms with E-state index in [1.807, 2.05) is 37.3 Å². The molecule has 0 radical (unpaired) electrons. The van der Waals surface area contributed by atoms with Crippen molar-refractivity contribution in [3.8, 4) is 0 Å². The summed E-state index contributed by atoms with van der Waals surface area (Å²) in [6.45, 7) is 2.50. The van der Waals surface area contributed by atoms with Crippen LogP contribution in [-0.2, 0) is 11.3 Å². The molecule has 2 aromatic rings. The maximum Gasteiger partial charge on any atom is 0.227 e. The van der Waals surface area contributed by atoms with Gasteiger partial charge < -0.3 is 10.6 Å². The zero-order chi connectivity index (χ0) is 17.1. The highest BCUT2D eigenvalue weighted by Crippen LogP contribution is 2.30. The normalized spacial score (nSPS) is 15.1. The molecule has 0 aromatic heterocycles. The standard InChI is InChI=1S/C19H20BrFN2O/c1-12(22-11-15-4-7-16(20)10-18(15)21)13-5-8-17(9-6-13)23-19(24)14-2-3-14/h4-10,12,14,22H,2-3,11H2,1H3,(H,23,24). The molecule has 2 N–H and O–H groups in total. The van der Waals surface area contributed by atoms with E-state index in [1.165, 1.54) is 6.07 Å². The predicted molar refractivity (Wildman–Crippen MR) is 97.2 cm³/mol. The lowest BCUT2D eigenvalue weighted by molar-refractivity contribution is -0.117. The second kappa shape index (κ2) is 7.45. The number of hydrogen-bond donors (Lipinski definition) is 2. The van der Waals surface area contributed by atoms with Gasteiger partial charge in [-0.1, -0.05) is 34.1 Å². The molecule has 126 valence electrons. The van der Waals surface area contributed by atoms with E-state index in [2.05, 4.69) is 26.6 Å². The molecule has 0 saturated heterocycles. The Hall–Kier alpha value is -1.72. The Bertz CT molecular complexity index is 729. The highest BCUT2D eigenvalue weighted by Gasteiger charge is 2.29. The zero-order valence-corrected chi connectivity index (χ0v) is 15.1. The number of nitrogens with one attached hydrogen (secondary N) is 2. The van der Waals surface area contributed by atoms with E-state index >= 15 is 0 Å². The molecule has 1 unspecified atom stereocenters. The highest BCUT2D eigenvalue weighted by molar-refractivity contribution is 9.10. The molecule has 0 bridgehead atoms. The molecule has 1 aliphatic rings. The molecule has 3 nitrogen and oxygen atoms in total. The Morgan fingerprint density at radius 3 is 2.58 bits per heavy atom. The van der Waals surface area contributed by atoms with Gasteiger partial charge in [0.15, 0.2) is 0 Å². The molecule has 0 spiro atoms. The second-order valence-electron chi connectivity index (χ2n) is 6.22. The third kappa shape index (κ3) is 4.42. The van der Waals surface area contributed by atoms with Crippen LogP contribution in [0.4, 0.5) is 10.1 Å². The summed E-state index contributed by atoms with van der Waals surface area (Å²) in [7, 11) is 0. The second-order valence-corrected chi connectivity index (χ2v) is 7.14. The first-order valence-electron chi connectivity index (χ1n) is 8.11. The van der Waals surface area contributed by atoms with E-state index in [1.54, 1.807) is 6.07 Å². The van der Waals surface area contributed by atoms with Crippen LogP contribution in [0.2, 0.25) is 0 Å². The van der Waals surface area contributed by atoms with Crippen molar-refractivity contribution in [3.05, 3.63) is 63.9 Å². The number of anilines is 1. The molecule has 1 fully saturated rings. The third-order valence-electron chi connectivity index (χ3n) is 4.24. The highest BCUT2D eigenvalue weighted by atomic mass is 79.9. The molecule has 1 saturated carbocycles. The van der Waals surface area contributed by atoms with E-state index in [4.69, 9.17) is 0 Å². The summed E-state index contributed by atoms with van der Waals surface area (Å²) in [6.07, 6.45) is 2.00. The van der Waals surface area contributed by atoms with Gasteiger partial charge >= 0.3 is 0 Å². The number of carbonyl (C=O) groups excluding carboxylic acids is 1. The lowest BCUT2D eigenvalue weighted by Crippen LogP contribution is -2.19. The molecule has 1 aliphatic carbocycles. The average Bonchev–Trinajstić information content (AvgIpc) is 3.39. The Kier molecular flexibility index (Phi) is 5.31. The van der Waals surface area contributed by atoms with Crippen LogP contribution in [0.5, 0.6) is 0 Å². The number of rotatable bonds is 6. The summed E-state index contributed by atoms with van der Waals surface area (Å²) in [4.78, 5) is 11.7. The first-order valence-corrected chi connectivity index (χ1v) is 8.90. The Balaban J connectivity index is 1.56. The number of halogens is 2. The van der Waals surface area contributed by atoms with Crippen LogP contribution in [0.3, 0.4) is 0 Å². The first kappa shape index (κ1) is 17.1. The maximum absolute atomic E-state index is 13.8. The van der Waals surface area contributed by atoms with Crippen molar-refractivity contribution in [2.24, 2.45) is 5.92 Å². The monoisotopic (exact) mass is 390 g/mol. The fraction of sp³-hybridized carbons (Fsp3) is 0.316. The molecular formula is C19H20BrFN2O. The van der Waals surface area contributed by atoms with Crippen LogP contribution in [0.15, 0.2) is 46.9 Å². The fourth-order valence-electron chi connectivity index (χ4n) is 2.49. The maximum atomic E-state index is 13.8. The van der Waals surface area contributed by atoms with Crippen LogP contribution in [0.25, 0.3) is 0 Å². The van der Waals surface area contributed by atoms with Crippen molar-refractivity contribution in [3.63, 3.8) is 0 Å². The Morgan fingerprint density at radius 2 is 1.96 bits per heavy atom. The largest absolute Gasteiger partial charge is 0.326 e. The minimum atomic E-state index is -0.220. The van der Waals surface area contributed by atoms with Gasteiger partial charge in [-0.15, -0.1) is 0 Å². The summed E-state index contributed by atoms with van der Waals surface area (Å²) in [5.74, 6) is 0.0907. The van der Waals surface area contributed by atoms with Crippen LogP contribution < -0.4 is 10.6 Å². The van der Waals surface area contributed by atoms with Crippen molar-refractivity contribution in [1.29, 1.82) is 0 Å². The summed E-state index contributed by atoms with van der Waals surface area (Å²) in [5, 5.41) is 6.25. The van der Waals surface area contributed by atoms with Crippen molar-refractivity contribution in [1.82, 2.24) is 5.32 Å². The van der Waals surface area contributed by atoms with Crippen LogP contribution >= 0.6 is 15.9 Å². The Labute approximate surface area is 149 Å². The summed E-state index contributed by atoms with van der Waals surface area (Å²) in [5.41, 5.74) is 2.55. The van der Waals surface area contributed by atoms with Gasteiger partial charge in [-0.2, -0.15) is 0 Å². The van der Waals surface area contributed by atoms with E-state index in [-0.39, 0.29) is 23.7 Å². The molecule has 2 aromatic carbocycles. The van der Waals surface area contributed by atoms with Gasteiger partial charge in [0.25, 0.3) is 0 Å². The minimum absolute atomic E-state index is 0.0845. The van der Waals surface area contributed by atoms with Crippen molar-refractivity contribution in [2.75, 3.05) is 5.32 Å². The molecule has 5 heteroatoms. The minimum Gasteiger partial charge on any atom is -0.326 e. The summed E-state index contributed by atoms with van der Waals surface area (Å²) < 4.78 is 14.6.